The molecule has 0 spiro atoms. The molecule has 1 amide bonds. The van der Waals surface area contributed by atoms with Crippen LogP contribution >= 0.6 is 0 Å². The number of imidazole rings is 1. The van der Waals surface area contributed by atoms with Crippen LogP contribution in [0, 0.1) is 0 Å². The lowest BCUT2D eigenvalue weighted by Gasteiger charge is -2.36. The molecule has 5 aromatic rings. The van der Waals surface area contributed by atoms with Crippen molar-refractivity contribution in [3.05, 3.63) is 126 Å². The van der Waals surface area contributed by atoms with Crippen LogP contribution in [0.1, 0.15) is 73.2 Å². The van der Waals surface area contributed by atoms with E-state index in [1.807, 2.05) is 85.2 Å². The molecule has 3 unspecified atom stereocenters. The van der Waals surface area contributed by atoms with Gasteiger partial charge in [-0.05, 0) is 52.8 Å². The van der Waals surface area contributed by atoms with Crippen LogP contribution in [0.4, 0.5) is 0 Å². The highest BCUT2D eigenvalue weighted by Gasteiger charge is 2.32. The van der Waals surface area contributed by atoms with Gasteiger partial charge in [0.1, 0.15) is 0 Å². The summed E-state index contributed by atoms with van der Waals surface area (Å²) in [6, 6.07) is 32.2. The normalized spacial score (nSPS) is 17.7. The number of carbonyl (C=O) groups excluding carboxylic acids is 1. The molecule has 1 aliphatic rings. The van der Waals surface area contributed by atoms with Crippen molar-refractivity contribution in [1.29, 1.82) is 0 Å². The molecule has 0 aliphatic carbocycles. The number of aliphatic carboxylic acids is 1. The Bertz CT molecular complexity index is 1820. The molecule has 248 valence electrons. The molecule has 6 rings (SSSR count). The number of ether oxygens (including phenoxy) is 2. The second-order valence-electron chi connectivity index (χ2n) is 12.2. The number of hydrogen-bond donors (Lipinski definition) is 3. The minimum Gasteiger partial charge on any atom is -0.481 e. The number of unbranched alkanes of at least 4 members (excludes halogenated alkanes) is 2. The molecule has 9 nitrogen and oxygen atoms in total. The van der Waals surface area contributed by atoms with Crippen molar-refractivity contribution in [3.8, 4) is 11.1 Å². The fourth-order valence-corrected chi connectivity index (χ4v) is 6.20. The smallest absolute Gasteiger partial charge is 0.303 e. The number of benzene rings is 4. The fourth-order valence-electron chi connectivity index (χ4n) is 6.20. The number of amides is 1. The summed E-state index contributed by atoms with van der Waals surface area (Å²) < 4.78 is 15.3. The molecule has 48 heavy (non-hydrogen) atoms. The van der Waals surface area contributed by atoms with Crippen molar-refractivity contribution in [2.75, 3.05) is 0 Å². The quantitative estimate of drug-likeness (QED) is 0.110. The van der Waals surface area contributed by atoms with Crippen molar-refractivity contribution >= 4 is 22.9 Å². The van der Waals surface area contributed by atoms with Crippen molar-refractivity contribution < 1.29 is 29.3 Å². The molecular weight excluding hydrogens is 606 g/mol. The third-order valence-corrected chi connectivity index (χ3v) is 8.82. The van der Waals surface area contributed by atoms with E-state index in [9.17, 15) is 14.7 Å². The van der Waals surface area contributed by atoms with Gasteiger partial charge in [0.25, 0.3) is 0 Å². The number of nitrogens with one attached hydrogen (secondary N) is 1. The highest BCUT2D eigenvalue weighted by atomic mass is 16.7. The monoisotopic (exact) mass is 647 g/mol. The number of carboxylic acid groups (broad SMARTS) is 1. The number of para-hydroxylation sites is 2. The Hall–Kier alpha value is -4.83. The summed E-state index contributed by atoms with van der Waals surface area (Å²) >= 11 is 0. The second-order valence-corrected chi connectivity index (χ2v) is 12.2. The molecule has 1 fully saturated rings. The molecular formula is C39H41N3O6. The van der Waals surface area contributed by atoms with Gasteiger partial charge in [0.05, 0.1) is 42.7 Å². The zero-order valence-corrected chi connectivity index (χ0v) is 26.8. The SMILES string of the molecule is O=C(O)CCCCCC(=O)NCc1ccccc1-c1ccc(C2OC(Cn3cnc4ccccc43)CC(c3ccc(CO)cc3)O2)cc1. The maximum atomic E-state index is 12.5. The summed E-state index contributed by atoms with van der Waals surface area (Å²) in [6.07, 6.45) is 4.10. The summed E-state index contributed by atoms with van der Waals surface area (Å²) in [5.41, 5.74) is 7.86. The molecule has 9 heteroatoms. The lowest BCUT2D eigenvalue weighted by Crippen LogP contribution is -2.32. The van der Waals surface area contributed by atoms with Crippen LogP contribution in [-0.2, 0) is 38.8 Å². The maximum Gasteiger partial charge on any atom is 0.303 e. The molecule has 0 bridgehead atoms. The van der Waals surface area contributed by atoms with E-state index in [2.05, 4.69) is 33.1 Å². The van der Waals surface area contributed by atoms with Gasteiger partial charge in [-0.1, -0.05) is 91.3 Å². The summed E-state index contributed by atoms with van der Waals surface area (Å²) in [7, 11) is 0. The second kappa shape index (κ2) is 15.8. The van der Waals surface area contributed by atoms with Gasteiger partial charge in [-0.2, -0.15) is 0 Å². The van der Waals surface area contributed by atoms with Crippen molar-refractivity contribution in [3.63, 3.8) is 0 Å². The zero-order valence-electron chi connectivity index (χ0n) is 26.8. The number of aliphatic hydroxyl groups excluding tert-OH is 1. The third-order valence-electron chi connectivity index (χ3n) is 8.82. The van der Waals surface area contributed by atoms with Gasteiger partial charge in [0.15, 0.2) is 6.29 Å². The van der Waals surface area contributed by atoms with E-state index in [0.717, 1.165) is 50.8 Å². The number of rotatable bonds is 14. The number of fused-ring (bicyclic) bond motifs is 1. The molecule has 1 aromatic heterocycles. The summed E-state index contributed by atoms with van der Waals surface area (Å²) in [5.74, 6) is -0.846. The van der Waals surface area contributed by atoms with E-state index in [1.165, 1.54) is 0 Å². The van der Waals surface area contributed by atoms with Gasteiger partial charge in [-0.15, -0.1) is 0 Å². The van der Waals surface area contributed by atoms with E-state index < -0.39 is 12.3 Å². The van der Waals surface area contributed by atoms with Crippen LogP contribution in [0.2, 0.25) is 0 Å². The maximum absolute atomic E-state index is 12.5. The first-order valence-electron chi connectivity index (χ1n) is 16.5. The molecule has 4 aromatic carbocycles. The van der Waals surface area contributed by atoms with Gasteiger partial charge in [-0.3, -0.25) is 9.59 Å². The van der Waals surface area contributed by atoms with E-state index >= 15 is 0 Å². The molecule has 3 atom stereocenters. The third kappa shape index (κ3) is 8.36. The van der Waals surface area contributed by atoms with Crippen molar-refractivity contribution in [1.82, 2.24) is 14.9 Å². The molecule has 1 aliphatic heterocycles. The Kier molecular flexibility index (Phi) is 10.9. The van der Waals surface area contributed by atoms with Gasteiger partial charge in [-0.25, -0.2) is 4.98 Å². The Balaban J connectivity index is 1.15. The number of carbonyl (C=O) groups is 2. The van der Waals surface area contributed by atoms with Crippen LogP contribution in [0.5, 0.6) is 0 Å². The largest absolute Gasteiger partial charge is 0.481 e. The van der Waals surface area contributed by atoms with Gasteiger partial charge in [0.2, 0.25) is 5.91 Å². The summed E-state index contributed by atoms with van der Waals surface area (Å²) in [5, 5.41) is 21.3. The molecule has 0 saturated carbocycles. The van der Waals surface area contributed by atoms with Gasteiger partial charge < -0.3 is 29.6 Å². The minimum atomic E-state index is -0.805. The minimum absolute atomic E-state index is 0.00804. The molecule has 1 saturated heterocycles. The first kappa shape index (κ1) is 33.1. The Morgan fingerprint density at radius 3 is 2.35 bits per heavy atom. The Morgan fingerprint density at radius 2 is 1.56 bits per heavy atom. The van der Waals surface area contributed by atoms with E-state index in [4.69, 9.17) is 14.6 Å². The first-order valence-corrected chi connectivity index (χ1v) is 16.5. The van der Waals surface area contributed by atoms with Crippen LogP contribution < -0.4 is 5.32 Å². The average molecular weight is 648 g/mol. The first-order chi connectivity index (χ1) is 23.5. The highest BCUT2D eigenvalue weighted by molar-refractivity contribution is 5.77. The zero-order chi connectivity index (χ0) is 33.3. The van der Waals surface area contributed by atoms with Gasteiger partial charge in [0, 0.05) is 31.4 Å². The van der Waals surface area contributed by atoms with Crippen LogP contribution in [0.25, 0.3) is 22.2 Å². The standard InChI is InChI=1S/C39H41N3O6/c43-25-27-14-16-29(17-15-27)36-22-32(24-42-26-41-34-10-6-7-11-35(34)42)47-39(48-36)30-20-18-28(19-21-30)33-9-5-4-8-31(33)23-40-37(44)12-2-1-3-13-38(45)46/h4-11,14-21,26,32,36,39,43H,1-3,12-13,22-25H2,(H,40,44)(H,45,46). The number of hydrogen-bond acceptors (Lipinski definition) is 6. The predicted molar refractivity (Wildman–Crippen MR) is 183 cm³/mol. The van der Waals surface area contributed by atoms with Crippen molar-refractivity contribution in [2.24, 2.45) is 0 Å². The summed E-state index contributed by atoms with van der Waals surface area (Å²) in [4.78, 5) is 27.7. The average Bonchev–Trinajstić information content (AvgIpc) is 3.53. The van der Waals surface area contributed by atoms with E-state index in [0.29, 0.717) is 38.8 Å². The topological polar surface area (TPSA) is 123 Å². The Morgan fingerprint density at radius 1 is 0.833 bits per heavy atom. The number of aliphatic hydroxyl groups is 1. The summed E-state index contributed by atoms with van der Waals surface area (Å²) in [6.45, 7) is 1.03. The fraction of sp³-hybridized carbons (Fsp3) is 0.308. The molecule has 0 radical (unpaired) electrons. The molecule has 2 heterocycles. The van der Waals surface area contributed by atoms with Crippen LogP contribution in [0.3, 0.4) is 0 Å². The van der Waals surface area contributed by atoms with E-state index in [-0.39, 0.29) is 31.1 Å². The number of nitrogens with zero attached hydrogens (tertiary/aromatic N) is 2. The van der Waals surface area contributed by atoms with Gasteiger partial charge >= 0.3 is 5.97 Å². The van der Waals surface area contributed by atoms with E-state index in [1.54, 1.807) is 0 Å². The lowest BCUT2D eigenvalue weighted by atomic mass is 9.97. The highest BCUT2D eigenvalue weighted by Crippen LogP contribution is 2.39. The Labute approximate surface area is 280 Å². The lowest BCUT2D eigenvalue weighted by molar-refractivity contribution is -0.252. The molecule has 3 N–H and O–H groups in total. The number of aromatic nitrogens is 2. The number of carboxylic acids is 1. The predicted octanol–water partition coefficient (Wildman–Crippen LogP) is 7.09. The van der Waals surface area contributed by atoms with Crippen LogP contribution in [-0.4, -0.2) is 37.7 Å². The van der Waals surface area contributed by atoms with Crippen molar-refractivity contribution in [2.45, 2.75) is 76.7 Å². The van der Waals surface area contributed by atoms with Crippen LogP contribution in [0.15, 0.2) is 103 Å².